The van der Waals surface area contributed by atoms with Gasteiger partial charge in [-0.15, -0.1) is 6.42 Å². The first-order chi connectivity index (χ1) is 9.13. The number of terminal acetylenes is 1. The summed E-state index contributed by atoms with van der Waals surface area (Å²) in [6.45, 7) is 5.84. The molecular formula is C16H23NO2. The first-order valence-corrected chi connectivity index (χ1v) is 6.66. The van der Waals surface area contributed by atoms with Crippen molar-refractivity contribution in [2.45, 2.75) is 32.9 Å². The van der Waals surface area contributed by atoms with E-state index in [0.717, 1.165) is 30.8 Å². The predicted molar refractivity (Wildman–Crippen MR) is 77.9 cm³/mol. The van der Waals surface area contributed by atoms with Gasteiger partial charge in [0.25, 0.3) is 0 Å². The van der Waals surface area contributed by atoms with Crippen LogP contribution >= 0.6 is 0 Å². The zero-order chi connectivity index (χ0) is 14.1. The summed E-state index contributed by atoms with van der Waals surface area (Å²) in [6.07, 6.45) is 5.76. The van der Waals surface area contributed by atoms with Gasteiger partial charge in [0.15, 0.2) is 0 Å². The lowest BCUT2D eigenvalue weighted by Gasteiger charge is -2.15. The fourth-order valence-corrected chi connectivity index (χ4v) is 2.03. The molecule has 2 atom stereocenters. The smallest absolute Gasteiger partial charge is 0.148 e. The monoisotopic (exact) mass is 261 g/mol. The molecule has 2 unspecified atom stereocenters. The van der Waals surface area contributed by atoms with Crippen LogP contribution in [0.5, 0.6) is 5.75 Å². The maximum absolute atomic E-state index is 9.31. The number of aliphatic hydroxyl groups excluding tert-OH is 1. The summed E-state index contributed by atoms with van der Waals surface area (Å²) in [6, 6.07) is 7.87. The summed E-state index contributed by atoms with van der Waals surface area (Å²) in [7, 11) is 0. The average Bonchev–Trinajstić information content (AvgIpc) is 2.36. The fraction of sp³-hybridized carbons (Fsp3) is 0.500. The molecule has 0 bridgehead atoms. The minimum atomic E-state index is -0.247. The largest absolute Gasteiger partial charge is 0.481 e. The van der Waals surface area contributed by atoms with Crippen LogP contribution in [-0.2, 0) is 6.54 Å². The SMILES string of the molecule is C#CCOc1ccccc1CNCC(C)CC(C)O. The molecule has 0 spiro atoms. The molecule has 19 heavy (non-hydrogen) atoms. The van der Waals surface area contributed by atoms with Crippen molar-refractivity contribution in [1.29, 1.82) is 0 Å². The molecule has 0 aliphatic rings. The molecule has 1 rings (SSSR count). The quantitative estimate of drug-likeness (QED) is 0.705. The molecule has 0 aromatic heterocycles. The predicted octanol–water partition coefficient (Wildman–Crippen LogP) is 2.20. The van der Waals surface area contributed by atoms with Crippen LogP contribution in [0.3, 0.4) is 0 Å². The lowest BCUT2D eigenvalue weighted by atomic mass is 10.0. The first-order valence-electron chi connectivity index (χ1n) is 6.66. The number of nitrogens with one attached hydrogen (secondary N) is 1. The molecule has 0 heterocycles. The second-order valence-electron chi connectivity index (χ2n) is 4.92. The van der Waals surface area contributed by atoms with Crippen LogP contribution in [0.2, 0.25) is 0 Å². The van der Waals surface area contributed by atoms with Gasteiger partial charge in [0.2, 0.25) is 0 Å². The molecule has 0 aliphatic heterocycles. The Kier molecular flexibility index (Phi) is 7.02. The molecular weight excluding hydrogens is 238 g/mol. The van der Waals surface area contributed by atoms with Gasteiger partial charge in [0, 0.05) is 12.1 Å². The van der Waals surface area contributed by atoms with E-state index in [-0.39, 0.29) is 12.7 Å². The highest BCUT2D eigenvalue weighted by Crippen LogP contribution is 2.17. The third-order valence-corrected chi connectivity index (χ3v) is 2.84. The van der Waals surface area contributed by atoms with E-state index in [1.165, 1.54) is 0 Å². The number of para-hydroxylation sites is 1. The third-order valence-electron chi connectivity index (χ3n) is 2.84. The Morgan fingerprint density at radius 2 is 2.11 bits per heavy atom. The number of benzene rings is 1. The summed E-state index contributed by atoms with van der Waals surface area (Å²) in [5.41, 5.74) is 1.10. The molecule has 104 valence electrons. The van der Waals surface area contributed by atoms with Gasteiger partial charge >= 0.3 is 0 Å². The van der Waals surface area contributed by atoms with E-state index in [9.17, 15) is 5.11 Å². The summed E-state index contributed by atoms with van der Waals surface area (Å²) < 4.78 is 5.49. The minimum Gasteiger partial charge on any atom is -0.481 e. The Morgan fingerprint density at radius 1 is 1.37 bits per heavy atom. The van der Waals surface area contributed by atoms with Gasteiger partial charge in [0.05, 0.1) is 6.10 Å². The topological polar surface area (TPSA) is 41.5 Å². The number of aliphatic hydroxyl groups is 1. The lowest BCUT2D eigenvalue weighted by molar-refractivity contribution is 0.163. The van der Waals surface area contributed by atoms with Gasteiger partial charge in [-0.2, -0.15) is 0 Å². The minimum absolute atomic E-state index is 0.247. The zero-order valence-electron chi connectivity index (χ0n) is 11.7. The molecule has 3 nitrogen and oxygen atoms in total. The van der Waals surface area contributed by atoms with Crippen molar-refractivity contribution in [2.75, 3.05) is 13.2 Å². The number of rotatable bonds is 8. The van der Waals surface area contributed by atoms with E-state index in [2.05, 4.69) is 18.2 Å². The van der Waals surface area contributed by atoms with Gasteiger partial charge in [-0.05, 0) is 31.9 Å². The molecule has 1 aromatic carbocycles. The van der Waals surface area contributed by atoms with E-state index in [1.807, 2.05) is 31.2 Å². The molecule has 0 aliphatic carbocycles. The standard InChI is InChI=1S/C16H23NO2/c1-4-9-19-16-8-6-5-7-15(16)12-17-11-13(2)10-14(3)18/h1,5-8,13-14,17-18H,9-12H2,2-3H3. The Hall–Kier alpha value is -1.50. The Morgan fingerprint density at radius 3 is 2.79 bits per heavy atom. The molecule has 2 N–H and O–H groups in total. The highest BCUT2D eigenvalue weighted by Gasteiger charge is 2.07. The van der Waals surface area contributed by atoms with Crippen LogP contribution in [0, 0.1) is 18.3 Å². The van der Waals surface area contributed by atoms with Gasteiger partial charge in [-0.3, -0.25) is 0 Å². The van der Waals surface area contributed by atoms with E-state index in [1.54, 1.807) is 0 Å². The Bertz CT molecular complexity index is 409. The fourth-order valence-electron chi connectivity index (χ4n) is 2.03. The van der Waals surface area contributed by atoms with Crippen molar-refractivity contribution in [1.82, 2.24) is 5.32 Å². The van der Waals surface area contributed by atoms with Gasteiger partial charge in [0.1, 0.15) is 12.4 Å². The van der Waals surface area contributed by atoms with Gasteiger partial charge in [-0.25, -0.2) is 0 Å². The third kappa shape index (κ3) is 6.28. The van der Waals surface area contributed by atoms with E-state index < -0.39 is 0 Å². The highest BCUT2D eigenvalue weighted by molar-refractivity contribution is 5.33. The molecule has 0 saturated heterocycles. The number of hydrogen-bond donors (Lipinski definition) is 2. The highest BCUT2D eigenvalue weighted by atomic mass is 16.5. The van der Waals surface area contributed by atoms with Crippen LogP contribution in [0.25, 0.3) is 0 Å². The molecule has 3 heteroatoms. The van der Waals surface area contributed by atoms with Crippen LogP contribution in [-0.4, -0.2) is 24.4 Å². The van der Waals surface area contributed by atoms with Crippen molar-refractivity contribution in [3.8, 4) is 18.1 Å². The zero-order valence-corrected chi connectivity index (χ0v) is 11.7. The van der Waals surface area contributed by atoms with Crippen LogP contribution in [0.4, 0.5) is 0 Å². The second-order valence-corrected chi connectivity index (χ2v) is 4.92. The van der Waals surface area contributed by atoms with Crippen LogP contribution in [0.1, 0.15) is 25.8 Å². The van der Waals surface area contributed by atoms with Crippen LogP contribution < -0.4 is 10.1 Å². The summed E-state index contributed by atoms with van der Waals surface area (Å²) in [4.78, 5) is 0. The summed E-state index contributed by atoms with van der Waals surface area (Å²) in [5, 5.41) is 12.7. The molecule has 0 saturated carbocycles. The van der Waals surface area contributed by atoms with Crippen molar-refractivity contribution < 1.29 is 9.84 Å². The Labute approximate surface area is 116 Å². The van der Waals surface area contributed by atoms with E-state index in [4.69, 9.17) is 11.2 Å². The molecule has 0 fully saturated rings. The van der Waals surface area contributed by atoms with Crippen molar-refractivity contribution in [3.05, 3.63) is 29.8 Å². The first kappa shape index (κ1) is 15.6. The maximum atomic E-state index is 9.31. The van der Waals surface area contributed by atoms with Crippen molar-refractivity contribution >= 4 is 0 Å². The molecule has 1 aromatic rings. The van der Waals surface area contributed by atoms with Crippen molar-refractivity contribution in [2.24, 2.45) is 5.92 Å². The van der Waals surface area contributed by atoms with Crippen LogP contribution in [0.15, 0.2) is 24.3 Å². The number of ether oxygens (including phenoxy) is 1. The lowest BCUT2D eigenvalue weighted by Crippen LogP contribution is -2.23. The Balaban J connectivity index is 2.42. The van der Waals surface area contributed by atoms with Crippen molar-refractivity contribution in [3.63, 3.8) is 0 Å². The van der Waals surface area contributed by atoms with Gasteiger partial charge in [-0.1, -0.05) is 31.0 Å². The number of hydrogen-bond acceptors (Lipinski definition) is 3. The maximum Gasteiger partial charge on any atom is 0.148 e. The summed E-state index contributed by atoms with van der Waals surface area (Å²) in [5.74, 6) is 3.74. The normalized spacial score (nSPS) is 13.6. The summed E-state index contributed by atoms with van der Waals surface area (Å²) >= 11 is 0. The van der Waals surface area contributed by atoms with Gasteiger partial charge < -0.3 is 15.2 Å². The average molecular weight is 261 g/mol. The van der Waals surface area contributed by atoms with E-state index in [0.29, 0.717) is 5.92 Å². The molecule has 0 amide bonds. The molecule has 0 radical (unpaired) electrons. The second kappa shape index (κ2) is 8.58. The van der Waals surface area contributed by atoms with E-state index >= 15 is 0 Å².